The second-order valence-electron chi connectivity index (χ2n) is 6.25. The third-order valence-electron chi connectivity index (χ3n) is 4.40. The molecule has 0 bridgehead atoms. The first-order valence-corrected chi connectivity index (χ1v) is 9.15. The van der Waals surface area contributed by atoms with E-state index < -0.39 is 6.43 Å². The largest absolute Gasteiger partial charge is 0.347 e. The van der Waals surface area contributed by atoms with Gasteiger partial charge in [-0.25, -0.2) is 18.7 Å². The zero-order chi connectivity index (χ0) is 17.8. The minimum Gasteiger partial charge on any atom is -0.347 e. The summed E-state index contributed by atoms with van der Waals surface area (Å²) in [4.78, 5) is 20.8. The van der Waals surface area contributed by atoms with E-state index in [9.17, 15) is 13.6 Å². The topological polar surface area (TPSA) is 71.8 Å². The number of aryl methyl sites for hydroxylation is 1. The Balaban J connectivity index is 1.50. The molecule has 0 aromatic carbocycles. The number of carbonyl (C=O) groups is 1. The monoisotopic (exact) mass is 369 g/mol. The van der Waals surface area contributed by atoms with Crippen LogP contribution in [0.1, 0.15) is 35.5 Å². The average Bonchev–Trinajstić information content (AvgIpc) is 3.22. The molecule has 6 nitrogen and oxygen atoms in total. The van der Waals surface area contributed by atoms with Crippen LogP contribution in [0, 0.1) is 0 Å². The van der Waals surface area contributed by atoms with Gasteiger partial charge in [-0.1, -0.05) is 0 Å². The molecular formula is C16H21F2N5OS. The highest BCUT2D eigenvalue weighted by Gasteiger charge is 2.24. The van der Waals surface area contributed by atoms with Gasteiger partial charge in [0.2, 0.25) is 0 Å². The lowest BCUT2D eigenvalue weighted by molar-refractivity contribution is 0.0922. The molecule has 2 N–H and O–H groups in total. The maximum atomic E-state index is 12.4. The van der Waals surface area contributed by atoms with Gasteiger partial charge in [0.05, 0.1) is 24.8 Å². The average molecular weight is 369 g/mol. The molecule has 0 radical (unpaired) electrons. The Kier molecular flexibility index (Phi) is 5.74. The minimum absolute atomic E-state index is 0.0705. The van der Waals surface area contributed by atoms with Crippen LogP contribution >= 0.6 is 11.3 Å². The van der Waals surface area contributed by atoms with Crippen molar-refractivity contribution in [2.75, 3.05) is 6.54 Å². The first-order valence-electron chi connectivity index (χ1n) is 8.27. The number of amides is 1. The fourth-order valence-corrected chi connectivity index (χ4v) is 3.76. The third-order valence-corrected chi connectivity index (χ3v) is 5.24. The summed E-state index contributed by atoms with van der Waals surface area (Å²) in [6.07, 6.45) is 4.22. The molecule has 1 fully saturated rings. The highest BCUT2D eigenvalue weighted by molar-refractivity contribution is 7.12. The lowest BCUT2D eigenvalue weighted by atomic mass is 9.91. The van der Waals surface area contributed by atoms with Crippen molar-refractivity contribution in [3.05, 3.63) is 22.9 Å². The second-order valence-corrected chi connectivity index (χ2v) is 7.11. The van der Waals surface area contributed by atoms with Gasteiger partial charge >= 0.3 is 0 Å². The Bertz CT molecular complexity index is 709. The Morgan fingerprint density at radius 1 is 1.36 bits per heavy atom. The molecule has 1 aliphatic rings. The fraction of sp³-hybridized carbons (Fsp3) is 0.562. The van der Waals surface area contributed by atoms with E-state index in [2.05, 4.69) is 20.6 Å². The highest BCUT2D eigenvalue weighted by Crippen LogP contribution is 2.22. The van der Waals surface area contributed by atoms with Crippen molar-refractivity contribution in [3.63, 3.8) is 0 Å². The predicted molar refractivity (Wildman–Crippen MR) is 91.8 cm³/mol. The van der Waals surface area contributed by atoms with Crippen LogP contribution in [-0.2, 0) is 7.05 Å². The smallest absolute Gasteiger partial charge is 0.280 e. The van der Waals surface area contributed by atoms with Gasteiger partial charge in [0.25, 0.3) is 12.3 Å². The van der Waals surface area contributed by atoms with Crippen molar-refractivity contribution >= 4 is 17.2 Å². The summed E-state index contributed by atoms with van der Waals surface area (Å²) in [5.74, 6) is -0.178. The van der Waals surface area contributed by atoms with E-state index in [0.29, 0.717) is 5.01 Å². The van der Waals surface area contributed by atoms with E-state index in [4.69, 9.17) is 0 Å². The lowest BCUT2D eigenvalue weighted by Crippen LogP contribution is -2.43. The molecule has 0 aliphatic heterocycles. The van der Waals surface area contributed by atoms with Gasteiger partial charge in [0, 0.05) is 24.5 Å². The van der Waals surface area contributed by atoms with Crippen LogP contribution in [0.2, 0.25) is 0 Å². The van der Waals surface area contributed by atoms with Crippen LogP contribution in [0.4, 0.5) is 8.78 Å². The number of hydrogen-bond donors (Lipinski definition) is 2. The Morgan fingerprint density at radius 2 is 2.08 bits per heavy atom. The fourth-order valence-electron chi connectivity index (χ4n) is 3.04. The summed E-state index contributed by atoms with van der Waals surface area (Å²) >= 11 is 1.31. The van der Waals surface area contributed by atoms with Crippen molar-refractivity contribution < 1.29 is 13.6 Å². The number of imidazole rings is 1. The number of thiazole rings is 1. The first-order chi connectivity index (χ1) is 12.0. The quantitative estimate of drug-likeness (QED) is 0.820. The Hall–Kier alpha value is -1.87. The molecule has 0 spiro atoms. The summed E-state index contributed by atoms with van der Waals surface area (Å²) in [5.41, 5.74) is 1.59. The van der Waals surface area contributed by atoms with E-state index in [1.165, 1.54) is 11.3 Å². The molecule has 2 aromatic heterocycles. The zero-order valence-electron chi connectivity index (χ0n) is 13.9. The van der Waals surface area contributed by atoms with Crippen LogP contribution in [0.25, 0.3) is 11.4 Å². The number of rotatable bonds is 6. The molecule has 9 heteroatoms. The molecule has 0 saturated heterocycles. The SMILES string of the molecule is Cn1cncc1-c1csc(C(=O)NC2CCC(NCC(F)F)CC2)n1. The van der Waals surface area contributed by atoms with Gasteiger partial charge in [-0.05, 0) is 25.7 Å². The summed E-state index contributed by atoms with van der Waals surface area (Å²) in [6, 6.07) is 0.180. The lowest BCUT2D eigenvalue weighted by Gasteiger charge is -2.29. The molecule has 3 rings (SSSR count). The molecule has 2 heterocycles. The third kappa shape index (κ3) is 4.60. The zero-order valence-corrected chi connectivity index (χ0v) is 14.7. The summed E-state index contributed by atoms with van der Waals surface area (Å²) in [5, 5.41) is 8.14. The van der Waals surface area contributed by atoms with E-state index in [1.54, 1.807) is 12.5 Å². The van der Waals surface area contributed by atoms with E-state index in [1.807, 2.05) is 17.0 Å². The van der Waals surface area contributed by atoms with Gasteiger partial charge in [0.15, 0.2) is 5.01 Å². The summed E-state index contributed by atoms with van der Waals surface area (Å²) < 4.78 is 26.3. The summed E-state index contributed by atoms with van der Waals surface area (Å²) in [7, 11) is 1.88. The number of nitrogens with zero attached hydrogens (tertiary/aromatic N) is 3. The number of carbonyl (C=O) groups excluding carboxylic acids is 1. The Morgan fingerprint density at radius 3 is 2.72 bits per heavy atom. The Labute approximate surface area is 148 Å². The molecule has 0 atom stereocenters. The standard InChI is InChI=1S/C16H21F2N5OS/c1-23-9-19-6-13(23)12-8-25-16(22-12)15(24)21-11-4-2-10(3-5-11)20-7-14(17)18/h6,8-11,14,20H,2-5,7H2,1H3,(H,21,24). The number of aromatic nitrogens is 3. The summed E-state index contributed by atoms with van der Waals surface area (Å²) in [6.45, 7) is -0.266. The van der Waals surface area contributed by atoms with Crippen LogP contribution in [-0.4, -0.2) is 45.5 Å². The number of halogens is 2. The second kappa shape index (κ2) is 8.01. The van der Waals surface area contributed by atoms with Gasteiger partial charge in [-0.15, -0.1) is 11.3 Å². The maximum absolute atomic E-state index is 12.4. The number of nitrogens with one attached hydrogen (secondary N) is 2. The van der Waals surface area contributed by atoms with Gasteiger partial charge in [0.1, 0.15) is 5.69 Å². The van der Waals surface area contributed by atoms with Crippen LogP contribution in [0.3, 0.4) is 0 Å². The van der Waals surface area contributed by atoms with Crippen molar-refractivity contribution in [1.82, 2.24) is 25.2 Å². The molecule has 25 heavy (non-hydrogen) atoms. The van der Waals surface area contributed by atoms with Crippen molar-refractivity contribution in [3.8, 4) is 11.4 Å². The van der Waals surface area contributed by atoms with Gasteiger partial charge < -0.3 is 15.2 Å². The van der Waals surface area contributed by atoms with Gasteiger partial charge in [-0.3, -0.25) is 4.79 Å². The number of hydrogen-bond acceptors (Lipinski definition) is 5. The van der Waals surface area contributed by atoms with Crippen LogP contribution < -0.4 is 10.6 Å². The van der Waals surface area contributed by atoms with Gasteiger partial charge in [-0.2, -0.15) is 0 Å². The molecular weight excluding hydrogens is 348 g/mol. The molecule has 0 unspecified atom stereocenters. The predicted octanol–water partition coefficient (Wildman–Crippen LogP) is 2.44. The molecule has 2 aromatic rings. The van der Waals surface area contributed by atoms with E-state index >= 15 is 0 Å². The van der Waals surface area contributed by atoms with E-state index in [-0.39, 0.29) is 24.5 Å². The highest BCUT2D eigenvalue weighted by atomic mass is 32.1. The maximum Gasteiger partial charge on any atom is 0.280 e. The van der Waals surface area contributed by atoms with Crippen LogP contribution in [0.15, 0.2) is 17.9 Å². The molecule has 1 saturated carbocycles. The van der Waals surface area contributed by atoms with Crippen molar-refractivity contribution in [1.29, 1.82) is 0 Å². The molecule has 1 aliphatic carbocycles. The van der Waals surface area contributed by atoms with Crippen LogP contribution in [0.5, 0.6) is 0 Å². The normalized spacial score (nSPS) is 20.8. The van der Waals surface area contributed by atoms with Crippen molar-refractivity contribution in [2.24, 2.45) is 7.05 Å². The molecule has 136 valence electrons. The minimum atomic E-state index is -2.32. The number of alkyl halides is 2. The molecule has 1 amide bonds. The first kappa shape index (κ1) is 17.9. The van der Waals surface area contributed by atoms with Crippen molar-refractivity contribution in [2.45, 2.75) is 44.2 Å². The van der Waals surface area contributed by atoms with E-state index in [0.717, 1.165) is 37.1 Å².